The lowest BCUT2D eigenvalue weighted by atomic mass is 10.1. The average Bonchev–Trinajstić information content (AvgIpc) is 2.41. The van der Waals surface area contributed by atoms with Crippen molar-refractivity contribution in [1.82, 2.24) is 0 Å². The molecule has 2 aromatic carbocycles. The summed E-state index contributed by atoms with van der Waals surface area (Å²) >= 11 is 0. The van der Waals surface area contributed by atoms with Crippen molar-refractivity contribution < 1.29 is 0 Å². The quantitative estimate of drug-likeness (QED) is 0.680. The van der Waals surface area contributed by atoms with Crippen LogP contribution in [-0.2, 0) is 6.42 Å². The summed E-state index contributed by atoms with van der Waals surface area (Å²) in [5.41, 5.74) is 3.67. The number of benzene rings is 2. The van der Waals surface area contributed by atoms with Crippen LogP contribution in [0.5, 0.6) is 0 Å². The lowest BCUT2D eigenvalue weighted by Crippen LogP contribution is -1.85. The van der Waals surface area contributed by atoms with Crippen LogP contribution in [0.2, 0.25) is 0 Å². The molecule has 0 saturated carbocycles. The van der Waals surface area contributed by atoms with Gasteiger partial charge in [-0.15, -0.1) is 0 Å². The van der Waals surface area contributed by atoms with Crippen LogP contribution in [0.15, 0.2) is 72.3 Å². The van der Waals surface area contributed by atoms with E-state index in [0.717, 1.165) is 12.0 Å². The summed E-state index contributed by atoms with van der Waals surface area (Å²) in [5, 5.41) is 0. The molecule has 0 heterocycles. The van der Waals surface area contributed by atoms with Crippen LogP contribution in [0.3, 0.4) is 0 Å². The monoisotopic (exact) mass is 232 g/mol. The molecule has 0 bridgehead atoms. The van der Waals surface area contributed by atoms with Crippen molar-refractivity contribution in [3.8, 4) is 11.8 Å². The van der Waals surface area contributed by atoms with Crippen LogP contribution >= 0.6 is 0 Å². The Morgan fingerprint density at radius 3 is 2.22 bits per heavy atom. The Labute approximate surface area is 109 Å². The van der Waals surface area contributed by atoms with Crippen molar-refractivity contribution in [2.75, 3.05) is 0 Å². The first-order chi connectivity index (χ1) is 8.84. The first-order valence-corrected chi connectivity index (χ1v) is 6.11. The molecule has 2 rings (SSSR count). The largest absolute Gasteiger partial charge is 0.0697 e. The summed E-state index contributed by atoms with van der Waals surface area (Å²) in [6.45, 7) is 2.12. The van der Waals surface area contributed by atoms with E-state index in [-0.39, 0.29) is 0 Å². The van der Waals surface area contributed by atoms with Gasteiger partial charge in [0.2, 0.25) is 0 Å². The maximum atomic E-state index is 3.13. The van der Waals surface area contributed by atoms with Crippen molar-refractivity contribution >= 4 is 0 Å². The van der Waals surface area contributed by atoms with Gasteiger partial charge in [-0.3, -0.25) is 0 Å². The highest BCUT2D eigenvalue weighted by molar-refractivity contribution is 5.37. The molecule has 0 spiro atoms. The normalized spacial score (nSPS) is 10.6. The molecule has 0 aliphatic carbocycles. The topological polar surface area (TPSA) is 0 Å². The zero-order chi connectivity index (χ0) is 12.6. The maximum Gasteiger partial charge on any atom is 0.0248 e. The predicted molar refractivity (Wildman–Crippen MR) is 77.2 cm³/mol. The van der Waals surface area contributed by atoms with Crippen molar-refractivity contribution in [3.05, 3.63) is 83.4 Å². The van der Waals surface area contributed by atoms with Gasteiger partial charge in [-0.2, -0.15) is 0 Å². The van der Waals surface area contributed by atoms with Gasteiger partial charge in [0.1, 0.15) is 0 Å². The third kappa shape index (κ3) is 3.96. The molecule has 0 aliphatic rings. The SMILES string of the molecule is C/C(=C\C#Cc1ccccc1)Cc1ccccc1. The van der Waals surface area contributed by atoms with Crippen molar-refractivity contribution in [1.29, 1.82) is 0 Å². The molecule has 0 saturated heterocycles. The van der Waals surface area contributed by atoms with E-state index in [4.69, 9.17) is 0 Å². The molecule has 0 nitrogen and oxygen atoms in total. The van der Waals surface area contributed by atoms with Gasteiger partial charge in [0.05, 0.1) is 0 Å². The van der Waals surface area contributed by atoms with E-state index in [1.807, 2.05) is 42.5 Å². The lowest BCUT2D eigenvalue weighted by molar-refractivity contribution is 1.15. The van der Waals surface area contributed by atoms with Gasteiger partial charge < -0.3 is 0 Å². The van der Waals surface area contributed by atoms with Crippen molar-refractivity contribution in [2.45, 2.75) is 13.3 Å². The first-order valence-electron chi connectivity index (χ1n) is 6.11. The molecule has 0 N–H and O–H groups in total. The first kappa shape index (κ1) is 12.2. The third-order valence-electron chi connectivity index (χ3n) is 2.63. The van der Waals surface area contributed by atoms with Gasteiger partial charge in [0.25, 0.3) is 0 Å². The molecule has 18 heavy (non-hydrogen) atoms. The summed E-state index contributed by atoms with van der Waals surface area (Å²) < 4.78 is 0. The Morgan fingerprint density at radius 2 is 1.56 bits per heavy atom. The minimum Gasteiger partial charge on any atom is -0.0697 e. The summed E-state index contributed by atoms with van der Waals surface area (Å²) in [5.74, 6) is 6.24. The zero-order valence-corrected chi connectivity index (χ0v) is 10.6. The Kier molecular flexibility index (Phi) is 4.39. The highest BCUT2D eigenvalue weighted by atomic mass is 14.0. The molecule has 2 aromatic rings. The summed E-state index contributed by atoms with van der Waals surface area (Å²) in [4.78, 5) is 0. The Bertz CT molecular complexity index is 566. The van der Waals surface area contributed by atoms with Crippen LogP contribution in [0.1, 0.15) is 18.1 Å². The van der Waals surface area contributed by atoms with Gasteiger partial charge >= 0.3 is 0 Å². The third-order valence-corrected chi connectivity index (χ3v) is 2.63. The highest BCUT2D eigenvalue weighted by Crippen LogP contribution is 2.06. The fraction of sp³-hybridized carbons (Fsp3) is 0.111. The summed E-state index contributed by atoms with van der Waals surface area (Å²) in [7, 11) is 0. The Balaban J connectivity index is 2.00. The number of allylic oxidation sites excluding steroid dienone is 2. The second-order valence-corrected chi connectivity index (χ2v) is 4.29. The van der Waals surface area contributed by atoms with Crippen LogP contribution in [0.25, 0.3) is 0 Å². The molecule has 0 heteroatoms. The average molecular weight is 232 g/mol. The maximum absolute atomic E-state index is 3.13. The molecule has 0 aromatic heterocycles. The van der Waals surface area contributed by atoms with E-state index in [1.54, 1.807) is 0 Å². The van der Waals surface area contributed by atoms with E-state index < -0.39 is 0 Å². The van der Waals surface area contributed by atoms with Crippen LogP contribution in [0, 0.1) is 11.8 Å². The number of hydrogen-bond acceptors (Lipinski definition) is 0. The minimum absolute atomic E-state index is 0.963. The fourth-order valence-electron chi connectivity index (χ4n) is 1.73. The van der Waals surface area contributed by atoms with Crippen LogP contribution in [0.4, 0.5) is 0 Å². The molecular weight excluding hydrogens is 216 g/mol. The fourth-order valence-corrected chi connectivity index (χ4v) is 1.73. The Morgan fingerprint density at radius 1 is 0.944 bits per heavy atom. The predicted octanol–water partition coefficient (Wildman–Crippen LogP) is 4.23. The van der Waals surface area contributed by atoms with Gasteiger partial charge in [0, 0.05) is 5.56 Å². The zero-order valence-electron chi connectivity index (χ0n) is 10.6. The molecule has 0 atom stereocenters. The summed E-state index contributed by atoms with van der Waals surface area (Å²) in [6.07, 6.45) is 2.96. The molecule has 0 fully saturated rings. The van der Waals surface area contributed by atoms with Gasteiger partial charge in [0.15, 0.2) is 0 Å². The lowest BCUT2D eigenvalue weighted by Gasteiger charge is -1.99. The van der Waals surface area contributed by atoms with E-state index in [2.05, 4.69) is 43.0 Å². The molecule has 0 amide bonds. The minimum atomic E-state index is 0.963. The molecule has 0 radical (unpaired) electrons. The molecule has 88 valence electrons. The van der Waals surface area contributed by atoms with E-state index in [1.165, 1.54) is 11.1 Å². The molecule has 0 unspecified atom stereocenters. The summed E-state index contributed by atoms with van der Waals surface area (Å²) in [6, 6.07) is 20.5. The van der Waals surface area contributed by atoms with Gasteiger partial charge in [-0.1, -0.05) is 65.9 Å². The molecular formula is C18H16. The number of rotatable bonds is 2. The molecule has 0 aliphatic heterocycles. The van der Waals surface area contributed by atoms with Gasteiger partial charge in [-0.25, -0.2) is 0 Å². The van der Waals surface area contributed by atoms with Crippen LogP contribution < -0.4 is 0 Å². The number of hydrogen-bond donors (Lipinski definition) is 0. The van der Waals surface area contributed by atoms with Crippen molar-refractivity contribution in [3.63, 3.8) is 0 Å². The Hall–Kier alpha value is -2.26. The van der Waals surface area contributed by atoms with E-state index >= 15 is 0 Å². The van der Waals surface area contributed by atoms with E-state index in [0.29, 0.717) is 0 Å². The second-order valence-electron chi connectivity index (χ2n) is 4.29. The smallest absolute Gasteiger partial charge is 0.0248 e. The van der Waals surface area contributed by atoms with Crippen molar-refractivity contribution in [2.24, 2.45) is 0 Å². The van der Waals surface area contributed by atoms with E-state index in [9.17, 15) is 0 Å². The van der Waals surface area contributed by atoms with Gasteiger partial charge in [-0.05, 0) is 37.1 Å². The second kappa shape index (κ2) is 6.47. The standard InChI is InChI=1S/C18H16/c1-16(15-18-12-6-3-7-13-18)9-8-14-17-10-4-2-5-11-17/h2-7,9-13H,15H2,1H3/b16-9+. The van der Waals surface area contributed by atoms with Crippen LogP contribution in [-0.4, -0.2) is 0 Å². The highest BCUT2D eigenvalue weighted by Gasteiger charge is 1.91.